The van der Waals surface area contributed by atoms with Crippen molar-refractivity contribution < 1.29 is 18.7 Å². The zero-order valence-electron chi connectivity index (χ0n) is 16.0. The summed E-state index contributed by atoms with van der Waals surface area (Å²) in [7, 11) is 0. The van der Waals surface area contributed by atoms with Gasteiger partial charge in [0.25, 0.3) is 0 Å². The number of oxazole rings is 1. The normalized spacial score (nSPS) is 12.6. The van der Waals surface area contributed by atoms with Crippen molar-refractivity contribution in [3.63, 3.8) is 0 Å². The van der Waals surface area contributed by atoms with E-state index in [-0.39, 0.29) is 12.3 Å². The number of aromatic nitrogens is 1. The molecule has 1 amide bonds. The summed E-state index contributed by atoms with van der Waals surface area (Å²) in [6.45, 7) is 3.30. The van der Waals surface area contributed by atoms with E-state index in [4.69, 9.17) is 25.5 Å². The van der Waals surface area contributed by atoms with Gasteiger partial charge in [-0.15, -0.1) is 0 Å². The lowest BCUT2D eigenvalue weighted by Gasteiger charge is -2.20. The number of hydrogen-bond acceptors (Lipinski definition) is 5. The molecule has 0 saturated carbocycles. The van der Waals surface area contributed by atoms with Crippen LogP contribution in [0.5, 0.6) is 11.5 Å². The van der Waals surface area contributed by atoms with Gasteiger partial charge >= 0.3 is 0 Å². The molecule has 0 fully saturated rings. The first-order valence-electron chi connectivity index (χ1n) is 9.46. The Balaban J connectivity index is 1.33. The summed E-state index contributed by atoms with van der Waals surface area (Å²) in [6, 6.07) is 13.4. The van der Waals surface area contributed by atoms with Gasteiger partial charge in [-0.2, -0.15) is 0 Å². The maximum absolute atomic E-state index is 12.3. The number of carbonyl (C=O) groups excluding carboxylic acids is 1. The monoisotopic (exact) mass is 412 g/mol. The minimum Gasteiger partial charge on any atom is -0.486 e. The van der Waals surface area contributed by atoms with Gasteiger partial charge in [0.1, 0.15) is 19.0 Å². The molecule has 2 heterocycles. The Kier molecular flexibility index (Phi) is 5.71. The second-order valence-corrected chi connectivity index (χ2v) is 7.17. The van der Waals surface area contributed by atoms with Crippen molar-refractivity contribution in [3.8, 4) is 23.0 Å². The Morgan fingerprint density at radius 2 is 1.97 bits per heavy atom. The largest absolute Gasteiger partial charge is 0.486 e. The number of carbonyl (C=O) groups is 1. The minimum absolute atomic E-state index is 0.107. The number of nitrogens with zero attached hydrogens (tertiary/aromatic N) is 1. The number of amides is 1. The minimum atomic E-state index is -0.107. The van der Waals surface area contributed by atoms with Gasteiger partial charge in [-0.1, -0.05) is 29.8 Å². The zero-order chi connectivity index (χ0) is 20.2. The summed E-state index contributed by atoms with van der Waals surface area (Å²) in [6.07, 6.45) is 0.805. The van der Waals surface area contributed by atoms with E-state index in [1.165, 1.54) is 0 Å². The molecule has 29 heavy (non-hydrogen) atoms. The number of nitrogens with one attached hydrogen (secondary N) is 1. The fourth-order valence-electron chi connectivity index (χ4n) is 3.17. The fraction of sp³-hybridized carbons (Fsp3) is 0.273. The molecule has 0 saturated heterocycles. The molecule has 1 aliphatic rings. The average Bonchev–Trinajstić information content (AvgIpc) is 3.09. The molecule has 0 aliphatic carbocycles. The molecule has 3 aromatic rings. The molecule has 1 N–H and O–H groups in total. The second-order valence-electron chi connectivity index (χ2n) is 6.77. The van der Waals surface area contributed by atoms with Gasteiger partial charge in [0.2, 0.25) is 11.8 Å². The van der Waals surface area contributed by atoms with Gasteiger partial charge in [-0.05, 0) is 43.2 Å². The number of ether oxygens (including phenoxy) is 2. The summed E-state index contributed by atoms with van der Waals surface area (Å²) in [5, 5.41) is 3.44. The molecule has 4 rings (SSSR count). The van der Waals surface area contributed by atoms with E-state index < -0.39 is 0 Å². The van der Waals surface area contributed by atoms with E-state index in [9.17, 15) is 4.79 Å². The molecule has 1 aliphatic heterocycles. The third kappa shape index (κ3) is 4.54. The number of halogens is 1. The Hall–Kier alpha value is -2.99. The van der Waals surface area contributed by atoms with Crippen LogP contribution in [0.25, 0.3) is 11.5 Å². The molecule has 150 valence electrons. The maximum Gasteiger partial charge on any atom is 0.226 e. The topological polar surface area (TPSA) is 73.6 Å². The molecule has 1 aromatic heterocycles. The first-order valence-corrected chi connectivity index (χ1v) is 9.84. The fourth-order valence-corrected chi connectivity index (χ4v) is 3.45. The quantitative estimate of drug-likeness (QED) is 0.663. The van der Waals surface area contributed by atoms with Crippen LogP contribution >= 0.6 is 11.6 Å². The number of hydrogen-bond donors (Lipinski definition) is 1. The van der Waals surface area contributed by atoms with Crippen molar-refractivity contribution in [2.75, 3.05) is 19.8 Å². The van der Waals surface area contributed by atoms with Crippen LogP contribution in [-0.2, 0) is 17.6 Å². The van der Waals surface area contributed by atoms with E-state index in [0.29, 0.717) is 60.0 Å². The molecular weight excluding hydrogens is 392 g/mol. The average molecular weight is 413 g/mol. The van der Waals surface area contributed by atoms with Crippen molar-refractivity contribution in [3.05, 3.63) is 64.5 Å². The predicted molar refractivity (Wildman–Crippen MR) is 110 cm³/mol. The molecular formula is C22H21ClN2O4. The lowest BCUT2D eigenvalue weighted by Crippen LogP contribution is -2.27. The van der Waals surface area contributed by atoms with Gasteiger partial charge in [0.05, 0.1) is 17.1 Å². The highest BCUT2D eigenvalue weighted by Crippen LogP contribution is 2.38. The van der Waals surface area contributed by atoms with E-state index >= 15 is 0 Å². The van der Waals surface area contributed by atoms with Gasteiger partial charge in [0, 0.05) is 12.1 Å². The lowest BCUT2D eigenvalue weighted by atomic mass is 10.1. The van der Waals surface area contributed by atoms with Crippen molar-refractivity contribution in [2.45, 2.75) is 19.8 Å². The van der Waals surface area contributed by atoms with Gasteiger partial charge in [-0.3, -0.25) is 4.79 Å². The highest BCUT2D eigenvalue weighted by molar-refractivity contribution is 6.32. The Morgan fingerprint density at radius 3 is 2.79 bits per heavy atom. The number of rotatable bonds is 6. The molecule has 0 atom stereocenters. The summed E-state index contributed by atoms with van der Waals surface area (Å²) in [4.78, 5) is 16.8. The number of fused-ring (bicyclic) bond motifs is 1. The standard InChI is InChI=1S/C22H21ClN2O4/c1-14-18(25-22(29-14)16-5-3-2-4-6-16)13-20(26)24-8-7-15-11-17(23)21-19(12-15)27-9-10-28-21/h2-6,11-12H,7-10,13H2,1H3,(H,24,26). The van der Waals surface area contributed by atoms with E-state index in [1.54, 1.807) is 0 Å². The molecule has 0 bridgehead atoms. The second kappa shape index (κ2) is 8.57. The highest BCUT2D eigenvalue weighted by Gasteiger charge is 2.17. The van der Waals surface area contributed by atoms with Crippen LogP contribution in [0.3, 0.4) is 0 Å². The van der Waals surface area contributed by atoms with Crippen molar-refractivity contribution in [1.29, 1.82) is 0 Å². The predicted octanol–water partition coefficient (Wildman–Crippen LogP) is 3.98. The van der Waals surface area contributed by atoms with E-state index in [2.05, 4.69) is 10.3 Å². The summed E-state index contributed by atoms with van der Waals surface area (Å²) < 4.78 is 16.8. The summed E-state index contributed by atoms with van der Waals surface area (Å²) >= 11 is 6.26. The molecule has 0 spiro atoms. The number of aryl methyl sites for hydroxylation is 1. The Bertz CT molecular complexity index is 1020. The van der Waals surface area contributed by atoms with Crippen molar-refractivity contribution in [1.82, 2.24) is 10.3 Å². The molecule has 2 aromatic carbocycles. The van der Waals surface area contributed by atoms with Crippen LogP contribution in [0.2, 0.25) is 5.02 Å². The summed E-state index contributed by atoms with van der Waals surface area (Å²) in [5.41, 5.74) is 2.50. The van der Waals surface area contributed by atoms with Crippen LogP contribution in [-0.4, -0.2) is 30.6 Å². The van der Waals surface area contributed by atoms with Crippen molar-refractivity contribution in [2.24, 2.45) is 0 Å². The lowest BCUT2D eigenvalue weighted by molar-refractivity contribution is -0.120. The van der Waals surface area contributed by atoms with Gasteiger partial charge in [0.15, 0.2) is 11.5 Å². The van der Waals surface area contributed by atoms with Gasteiger partial charge in [-0.25, -0.2) is 4.98 Å². The Morgan fingerprint density at radius 1 is 1.17 bits per heavy atom. The third-order valence-electron chi connectivity index (χ3n) is 4.63. The first kappa shape index (κ1) is 19.3. The zero-order valence-corrected chi connectivity index (χ0v) is 16.8. The number of benzene rings is 2. The van der Waals surface area contributed by atoms with Crippen LogP contribution < -0.4 is 14.8 Å². The van der Waals surface area contributed by atoms with E-state index in [1.807, 2.05) is 49.4 Å². The molecule has 7 heteroatoms. The molecule has 0 radical (unpaired) electrons. The maximum atomic E-state index is 12.3. The van der Waals surface area contributed by atoms with Gasteiger partial charge < -0.3 is 19.2 Å². The highest BCUT2D eigenvalue weighted by atomic mass is 35.5. The smallest absolute Gasteiger partial charge is 0.226 e. The third-order valence-corrected chi connectivity index (χ3v) is 4.91. The first-order chi connectivity index (χ1) is 14.1. The van der Waals surface area contributed by atoms with E-state index in [0.717, 1.165) is 11.1 Å². The van der Waals surface area contributed by atoms with Crippen LogP contribution in [0.15, 0.2) is 46.9 Å². The summed E-state index contributed by atoms with van der Waals surface area (Å²) in [5.74, 6) is 2.30. The van der Waals surface area contributed by atoms with Crippen LogP contribution in [0.1, 0.15) is 17.0 Å². The molecule has 6 nitrogen and oxygen atoms in total. The van der Waals surface area contributed by atoms with Crippen LogP contribution in [0.4, 0.5) is 0 Å². The molecule has 0 unspecified atom stereocenters. The Labute approximate surface area is 173 Å². The SMILES string of the molecule is Cc1oc(-c2ccccc2)nc1CC(=O)NCCc1cc(Cl)c2c(c1)OCCO2. The van der Waals surface area contributed by atoms with Crippen molar-refractivity contribution >= 4 is 17.5 Å². The van der Waals surface area contributed by atoms with Crippen LogP contribution in [0, 0.1) is 6.92 Å².